The minimum Gasteiger partial charge on any atom is -0.497 e. The lowest BCUT2D eigenvalue weighted by molar-refractivity contribution is 0.410. The van der Waals surface area contributed by atoms with E-state index in [4.69, 9.17) is 4.74 Å². The lowest BCUT2D eigenvalue weighted by Gasteiger charge is -2.05. The molecule has 0 aromatic heterocycles. The van der Waals surface area contributed by atoms with Crippen LogP contribution in [-0.4, -0.2) is 7.11 Å². The first-order valence-electron chi connectivity index (χ1n) is 4.96. The third kappa shape index (κ3) is 3.23. The summed E-state index contributed by atoms with van der Waals surface area (Å²) in [5, 5.41) is 0. The minimum atomic E-state index is -0.266. The van der Waals surface area contributed by atoms with Gasteiger partial charge in [-0.2, -0.15) is 0 Å². The second-order valence-corrected chi connectivity index (χ2v) is 5.38. The number of hydrogen-bond acceptors (Lipinski definition) is 2. The summed E-state index contributed by atoms with van der Waals surface area (Å²) < 4.78 is 19.7. The summed E-state index contributed by atoms with van der Waals surface area (Å²) in [7, 11) is 1.52. The van der Waals surface area contributed by atoms with Crippen molar-refractivity contribution in [1.82, 2.24) is 0 Å². The zero-order valence-corrected chi connectivity index (χ0v) is 11.5. The van der Waals surface area contributed by atoms with E-state index < -0.39 is 0 Å². The number of methoxy groups -OCH3 is 1. The van der Waals surface area contributed by atoms with E-state index in [0.717, 1.165) is 9.37 Å². The fourth-order valence-corrected chi connectivity index (χ4v) is 2.40. The molecule has 4 heteroatoms. The van der Waals surface area contributed by atoms with Gasteiger partial charge in [-0.05, 0) is 36.4 Å². The van der Waals surface area contributed by atoms with Gasteiger partial charge in [0.25, 0.3) is 0 Å². The molecule has 0 amide bonds. The Bertz CT molecular complexity index is 513. The van der Waals surface area contributed by atoms with Gasteiger partial charge in [-0.25, -0.2) is 4.39 Å². The predicted molar refractivity (Wildman–Crippen MR) is 71.2 cm³/mol. The molecule has 0 atom stereocenters. The molecule has 0 aliphatic rings. The highest BCUT2D eigenvalue weighted by Gasteiger charge is 2.05. The maximum Gasteiger partial charge on any atom is 0.140 e. The van der Waals surface area contributed by atoms with Crippen molar-refractivity contribution in [1.29, 1.82) is 0 Å². The Kier molecular flexibility index (Phi) is 4.07. The molecule has 0 fully saturated rings. The van der Waals surface area contributed by atoms with Crippen LogP contribution in [0.4, 0.5) is 4.39 Å². The van der Waals surface area contributed by atoms with Gasteiger partial charge in [0.1, 0.15) is 11.6 Å². The van der Waals surface area contributed by atoms with E-state index in [9.17, 15) is 4.39 Å². The number of benzene rings is 2. The molecule has 0 bridgehead atoms. The molecule has 0 aliphatic carbocycles. The van der Waals surface area contributed by atoms with Crippen molar-refractivity contribution >= 4 is 27.7 Å². The van der Waals surface area contributed by atoms with Crippen LogP contribution in [-0.2, 0) is 0 Å². The highest BCUT2D eigenvalue weighted by molar-refractivity contribution is 9.10. The van der Waals surface area contributed by atoms with Crippen LogP contribution >= 0.6 is 27.7 Å². The number of ether oxygens (including phenoxy) is 1. The second-order valence-electron chi connectivity index (χ2n) is 3.35. The monoisotopic (exact) mass is 312 g/mol. The Morgan fingerprint density at radius 3 is 2.41 bits per heavy atom. The fraction of sp³-hybridized carbons (Fsp3) is 0.0769. The van der Waals surface area contributed by atoms with Crippen molar-refractivity contribution in [2.45, 2.75) is 9.79 Å². The molecule has 0 heterocycles. The summed E-state index contributed by atoms with van der Waals surface area (Å²) in [4.78, 5) is 1.59. The molecule has 1 nitrogen and oxygen atoms in total. The number of rotatable bonds is 3. The van der Waals surface area contributed by atoms with Crippen molar-refractivity contribution in [3.8, 4) is 5.75 Å². The van der Waals surface area contributed by atoms with Gasteiger partial charge in [0, 0.05) is 20.3 Å². The predicted octanol–water partition coefficient (Wildman–Crippen LogP) is 4.75. The van der Waals surface area contributed by atoms with E-state index in [1.54, 1.807) is 12.1 Å². The number of hydrogen-bond donors (Lipinski definition) is 0. The van der Waals surface area contributed by atoms with Crippen LogP contribution in [0.2, 0.25) is 0 Å². The molecule has 2 rings (SSSR count). The molecule has 0 saturated carbocycles. The van der Waals surface area contributed by atoms with Gasteiger partial charge in [-0.15, -0.1) is 0 Å². The summed E-state index contributed by atoms with van der Waals surface area (Å²) in [6.07, 6.45) is 0. The SMILES string of the molecule is COc1ccc(Sc2ccc(Br)cc2)c(F)c1. The standard InChI is InChI=1S/C13H10BrFOS/c1-16-10-4-7-13(12(15)8-10)17-11-5-2-9(14)3-6-11/h2-8H,1H3. The van der Waals surface area contributed by atoms with E-state index in [1.807, 2.05) is 24.3 Å². The van der Waals surface area contributed by atoms with Crippen LogP contribution in [0.25, 0.3) is 0 Å². The molecule has 0 N–H and O–H groups in total. The Hall–Kier alpha value is -1.00. The van der Waals surface area contributed by atoms with E-state index in [-0.39, 0.29) is 5.82 Å². The topological polar surface area (TPSA) is 9.23 Å². The van der Waals surface area contributed by atoms with Gasteiger partial charge < -0.3 is 4.74 Å². The van der Waals surface area contributed by atoms with Gasteiger partial charge in [0.05, 0.1) is 7.11 Å². The maximum absolute atomic E-state index is 13.7. The zero-order valence-electron chi connectivity index (χ0n) is 9.11. The summed E-state index contributed by atoms with van der Waals surface area (Å²) >= 11 is 4.76. The molecule has 0 saturated heterocycles. The van der Waals surface area contributed by atoms with E-state index >= 15 is 0 Å². The first kappa shape index (κ1) is 12.5. The third-order valence-electron chi connectivity index (χ3n) is 2.18. The number of halogens is 2. The van der Waals surface area contributed by atoms with Gasteiger partial charge in [0.15, 0.2) is 0 Å². The molecule has 2 aromatic rings. The third-order valence-corrected chi connectivity index (χ3v) is 3.77. The van der Waals surface area contributed by atoms with Gasteiger partial charge >= 0.3 is 0 Å². The van der Waals surface area contributed by atoms with Crippen molar-refractivity contribution < 1.29 is 9.13 Å². The zero-order chi connectivity index (χ0) is 12.3. The highest BCUT2D eigenvalue weighted by atomic mass is 79.9. The van der Waals surface area contributed by atoms with Crippen LogP contribution in [0.3, 0.4) is 0 Å². The lowest BCUT2D eigenvalue weighted by atomic mass is 10.3. The Balaban J connectivity index is 2.21. The first-order valence-corrected chi connectivity index (χ1v) is 6.57. The van der Waals surface area contributed by atoms with Gasteiger partial charge in [0.2, 0.25) is 0 Å². The molecule has 0 unspecified atom stereocenters. The largest absolute Gasteiger partial charge is 0.497 e. The second kappa shape index (κ2) is 5.56. The summed E-state index contributed by atoms with van der Waals surface area (Å²) in [5.74, 6) is 0.264. The quantitative estimate of drug-likeness (QED) is 0.809. The lowest BCUT2D eigenvalue weighted by Crippen LogP contribution is -1.86. The molecular formula is C13H10BrFOS. The Morgan fingerprint density at radius 2 is 1.82 bits per heavy atom. The fourth-order valence-electron chi connectivity index (χ4n) is 1.32. The minimum absolute atomic E-state index is 0.266. The van der Waals surface area contributed by atoms with Crippen LogP contribution in [0.5, 0.6) is 5.75 Å². The molecule has 88 valence electrons. The van der Waals surface area contributed by atoms with Gasteiger partial charge in [-0.1, -0.05) is 27.7 Å². The van der Waals surface area contributed by atoms with E-state index in [1.165, 1.54) is 24.9 Å². The van der Waals surface area contributed by atoms with Crippen LogP contribution in [0, 0.1) is 5.82 Å². The first-order chi connectivity index (χ1) is 8.19. The van der Waals surface area contributed by atoms with E-state index in [0.29, 0.717) is 10.6 Å². The average molecular weight is 313 g/mol. The summed E-state index contributed by atoms with van der Waals surface area (Å²) in [5.41, 5.74) is 0. The van der Waals surface area contributed by atoms with Crippen LogP contribution in [0.1, 0.15) is 0 Å². The van der Waals surface area contributed by atoms with E-state index in [2.05, 4.69) is 15.9 Å². The van der Waals surface area contributed by atoms with Crippen LogP contribution in [0.15, 0.2) is 56.7 Å². The molecule has 0 spiro atoms. The maximum atomic E-state index is 13.7. The Labute approximate surface area is 112 Å². The van der Waals surface area contributed by atoms with Crippen molar-refractivity contribution in [3.63, 3.8) is 0 Å². The van der Waals surface area contributed by atoms with Crippen molar-refractivity contribution in [2.24, 2.45) is 0 Å². The molecule has 17 heavy (non-hydrogen) atoms. The molecular weight excluding hydrogens is 303 g/mol. The van der Waals surface area contributed by atoms with Gasteiger partial charge in [-0.3, -0.25) is 0 Å². The van der Waals surface area contributed by atoms with Crippen molar-refractivity contribution in [3.05, 3.63) is 52.8 Å². The molecule has 0 radical (unpaired) electrons. The average Bonchev–Trinajstić information content (AvgIpc) is 2.34. The highest BCUT2D eigenvalue weighted by Crippen LogP contribution is 2.32. The Morgan fingerprint density at radius 1 is 1.12 bits per heavy atom. The normalized spacial score (nSPS) is 10.3. The molecule has 2 aromatic carbocycles. The molecule has 0 aliphatic heterocycles. The smallest absolute Gasteiger partial charge is 0.140 e. The van der Waals surface area contributed by atoms with Crippen molar-refractivity contribution in [2.75, 3.05) is 7.11 Å². The summed E-state index contributed by atoms with van der Waals surface area (Å²) in [6.45, 7) is 0. The van der Waals surface area contributed by atoms with Crippen LogP contribution < -0.4 is 4.74 Å². The summed E-state index contributed by atoms with van der Waals surface area (Å²) in [6, 6.07) is 12.6.